The van der Waals surface area contributed by atoms with Crippen molar-refractivity contribution in [3.63, 3.8) is 0 Å². The summed E-state index contributed by atoms with van der Waals surface area (Å²) in [5, 5.41) is 1.18. The van der Waals surface area contributed by atoms with E-state index in [4.69, 9.17) is 10.7 Å². The summed E-state index contributed by atoms with van der Waals surface area (Å²) in [4.78, 5) is 4.70. The lowest BCUT2D eigenvalue weighted by molar-refractivity contribution is 0.723. The molecule has 0 radical (unpaired) electrons. The predicted molar refractivity (Wildman–Crippen MR) is 78.0 cm³/mol. The molecular weight excluding hydrogens is 234 g/mol. The fourth-order valence-corrected chi connectivity index (χ4v) is 2.35. The van der Waals surface area contributed by atoms with Crippen LogP contribution < -0.4 is 5.73 Å². The summed E-state index contributed by atoms with van der Waals surface area (Å²) in [5.74, 6) is 0. The summed E-state index contributed by atoms with van der Waals surface area (Å²) >= 11 is 0. The Kier molecular flexibility index (Phi) is 3.29. The van der Waals surface area contributed by atoms with Crippen molar-refractivity contribution < 1.29 is 0 Å². The number of nitrogens with two attached hydrogens (primary N) is 1. The first-order valence-corrected chi connectivity index (χ1v) is 6.55. The van der Waals surface area contributed by atoms with Gasteiger partial charge in [0.25, 0.3) is 0 Å². The van der Waals surface area contributed by atoms with Gasteiger partial charge in [0.05, 0.1) is 17.8 Å². The van der Waals surface area contributed by atoms with Gasteiger partial charge < -0.3 is 10.3 Å². The van der Waals surface area contributed by atoms with Gasteiger partial charge in [0.1, 0.15) is 0 Å². The summed E-state index contributed by atoms with van der Waals surface area (Å²) in [7, 11) is 0. The number of para-hydroxylation sites is 1. The molecule has 2 N–H and O–H groups in total. The smallest absolute Gasteiger partial charge is 0.0706 e. The second-order valence-electron chi connectivity index (χ2n) is 4.66. The summed E-state index contributed by atoms with van der Waals surface area (Å²) in [6.45, 7) is 1.47. The largest absolute Gasteiger partial charge is 0.345 e. The van der Waals surface area contributed by atoms with E-state index < -0.39 is 0 Å². The molecule has 3 rings (SSSR count). The quantitative estimate of drug-likeness (QED) is 0.774. The number of hydrogen-bond acceptors (Lipinski definition) is 2. The number of rotatable bonds is 4. The highest BCUT2D eigenvalue weighted by molar-refractivity contribution is 5.78. The van der Waals surface area contributed by atoms with E-state index in [0.717, 1.165) is 24.2 Å². The van der Waals surface area contributed by atoms with Crippen LogP contribution in [0.1, 0.15) is 11.4 Å². The second kappa shape index (κ2) is 5.24. The van der Waals surface area contributed by atoms with Crippen LogP contribution in [0.15, 0.2) is 54.7 Å². The van der Waals surface area contributed by atoms with Crippen molar-refractivity contribution in [2.45, 2.75) is 13.0 Å². The van der Waals surface area contributed by atoms with Gasteiger partial charge in [-0.25, -0.2) is 0 Å². The standard InChI is InChI=1S/C16H17N3/c17-10-9-15-5-3-11-19(15)12-14-8-7-13-4-1-2-6-16(13)18-14/h1-8,11H,9-10,12,17H2. The minimum Gasteiger partial charge on any atom is -0.345 e. The molecule has 0 aliphatic carbocycles. The zero-order chi connectivity index (χ0) is 13.1. The van der Waals surface area contributed by atoms with Gasteiger partial charge in [0.15, 0.2) is 0 Å². The second-order valence-corrected chi connectivity index (χ2v) is 4.66. The molecule has 2 aromatic heterocycles. The summed E-state index contributed by atoms with van der Waals surface area (Å²) in [5.41, 5.74) is 9.01. The molecule has 0 saturated carbocycles. The molecule has 0 spiro atoms. The first-order chi connectivity index (χ1) is 9.36. The zero-order valence-corrected chi connectivity index (χ0v) is 10.8. The zero-order valence-electron chi connectivity index (χ0n) is 10.8. The molecule has 0 fully saturated rings. The monoisotopic (exact) mass is 251 g/mol. The topological polar surface area (TPSA) is 43.8 Å². The Morgan fingerprint density at radius 3 is 2.79 bits per heavy atom. The summed E-state index contributed by atoms with van der Waals surface area (Å²) in [6, 6.07) is 16.6. The Labute approximate surface area is 112 Å². The predicted octanol–water partition coefficient (Wildman–Crippen LogP) is 2.59. The van der Waals surface area contributed by atoms with E-state index in [1.165, 1.54) is 11.1 Å². The van der Waals surface area contributed by atoms with Crippen LogP contribution in [0.5, 0.6) is 0 Å². The lowest BCUT2D eigenvalue weighted by Gasteiger charge is -2.08. The number of pyridine rings is 1. The van der Waals surface area contributed by atoms with Crippen LogP contribution >= 0.6 is 0 Å². The van der Waals surface area contributed by atoms with Crippen molar-refractivity contribution in [3.05, 3.63) is 66.1 Å². The fourth-order valence-electron chi connectivity index (χ4n) is 2.35. The van der Waals surface area contributed by atoms with Crippen LogP contribution in [0.4, 0.5) is 0 Å². The normalized spacial score (nSPS) is 11.0. The van der Waals surface area contributed by atoms with Gasteiger partial charge in [0, 0.05) is 17.3 Å². The maximum Gasteiger partial charge on any atom is 0.0706 e. The average Bonchev–Trinajstić information content (AvgIpc) is 2.86. The van der Waals surface area contributed by atoms with Crippen molar-refractivity contribution in [1.82, 2.24) is 9.55 Å². The van der Waals surface area contributed by atoms with E-state index in [2.05, 4.69) is 47.2 Å². The number of hydrogen-bond donors (Lipinski definition) is 1. The van der Waals surface area contributed by atoms with Crippen molar-refractivity contribution in [2.75, 3.05) is 6.54 Å². The first-order valence-electron chi connectivity index (χ1n) is 6.55. The number of benzene rings is 1. The lowest BCUT2D eigenvalue weighted by Crippen LogP contribution is -2.09. The average molecular weight is 251 g/mol. The molecule has 0 atom stereocenters. The Balaban J connectivity index is 1.90. The molecule has 0 bridgehead atoms. The highest BCUT2D eigenvalue weighted by atomic mass is 15.0. The third-order valence-electron chi connectivity index (χ3n) is 3.31. The van der Waals surface area contributed by atoms with Gasteiger partial charge in [-0.15, -0.1) is 0 Å². The molecule has 1 aromatic carbocycles. The Hall–Kier alpha value is -2.13. The van der Waals surface area contributed by atoms with E-state index >= 15 is 0 Å². The first kappa shape index (κ1) is 11.9. The van der Waals surface area contributed by atoms with E-state index in [1.54, 1.807) is 0 Å². The van der Waals surface area contributed by atoms with E-state index in [9.17, 15) is 0 Å². The molecule has 0 unspecified atom stereocenters. The van der Waals surface area contributed by atoms with Crippen molar-refractivity contribution in [1.29, 1.82) is 0 Å². The van der Waals surface area contributed by atoms with Crippen molar-refractivity contribution >= 4 is 10.9 Å². The van der Waals surface area contributed by atoms with Gasteiger partial charge in [0.2, 0.25) is 0 Å². The van der Waals surface area contributed by atoms with E-state index in [-0.39, 0.29) is 0 Å². The van der Waals surface area contributed by atoms with Crippen molar-refractivity contribution in [2.24, 2.45) is 5.73 Å². The number of nitrogens with zero attached hydrogens (tertiary/aromatic N) is 2. The SMILES string of the molecule is NCCc1cccn1Cc1ccc2ccccc2n1. The fraction of sp³-hybridized carbons (Fsp3) is 0.188. The van der Waals surface area contributed by atoms with Gasteiger partial charge >= 0.3 is 0 Å². The van der Waals surface area contributed by atoms with Crippen LogP contribution in [0, 0.1) is 0 Å². The van der Waals surface area contributed by atoms with Crippen LogP contribution in [0.3, 0.4) is 0 Å². The molecule has 3 nitrogen and oxygen atoms in total. The molecule has 96 valence electrons. The van der Waals surface area contributed by atoms with Gasteiger partial charge in [-0.2, -0.15) is 0 Å². The van der Waals surface area contributed by atoms with Crippen LogP contribution in [-0.4, -0.2) is 16.1 Å². The molecule has 0 amide bonds. The maximum absolute atomic E-state index is 5.63. The third-order valence-corrected chi connectivity index (χ3v) is 3.31. The summed E-state index contributed by atoms with van der Waals surface area (Å²) in [6.07, 6.45) is 2.99. The molecule has 3 heteroatoms. The lowest BCUT2D eigenvalue weighted by atomic mass is 10.2. The minimum atomic E-state index is 0.676. The molecular formula is C16H17N3. The third kappa shape index (κ3) is 2.51. The number of aromatic nitrogens is 2. The van der Waals surface area contributed by atoms with Crippen molar-refractivity contribution in [3.8, 4) is 0 Å². The Morgan fingerprint density at radius 1 is 1.00 bits per heavy atom. The minimum absolute atomic E-state index is 0.676. The molecule has 0 aliphatic heterocycles. The number of fused-ring (bicyclic) bond motifs is 1. The van der Waals surface area contributed by atoms with Gasteiger partial charge in [-0.3, -0.25) is 4.98 Å². The van der Waals surface area contributed by atoms with Gasteiger partial charge in [-0.1, -0.05) is 24.3 Å². The highest BCUT2D eigenvalue weighted by Gasteiger charge is 2.03. The van der Waals surface area contributed by atoms with E-state index in [1.807, 2.05) is 12.1 Å². The van der Waals surface area contributed by atoms with Crippen LogP contribution in [0.2, 0.25) is 0 Å². The Bertz CT molecular complexity index is 685. The summed E-state index contributed by atoms with van der Waals surface area (Å²) < 4.78 is 2.21. The van der Waals surface area contributed by atoms with Gasteiger partial charge in [-0.05, 0) is 37.2 Å². The Morgan fingerprint density at radius 2 is 1.89 bits per heavy atom. The van der Waals surface area contributed by atoms with Crippen LogP contribution in [0.25, 0.3) is 10.9 Å². The van der Waals surface area contributed by atoms with Crippen LogP contribution in [-0.2, 0) is 13.0 Å². The van der Waals surface area contributed by atoms with E-state index in [0.29, 0.717) is 6.54 Å². The molecule has 0 aliphatic rings. The maximum atomic E-state index is 5.63. The molecule has 19 heavy (non-hydrogen) atoms. The molecule has 3 aromatic rings. The molecule has 0 saturated heterocycles. The molecule has 2 heterocycles. The highest BCUT2D eigenvalue weighted by Crippen LogP contribution is 2.13.